The molecule has 0 saturated carbocycles. The third kappa shape index (κ3) is 7.48. The molecule has 0 bridgehead atoms. The summed E-state index contributed by atoms with van der Waals surface area (Å²) < 4.78 is 9.97. The summed E-state index contributed by atoms with van der Waals surface area (Å²) in [6.45, 7) is 6.38. The van der Waals surface area contributed by atoms with Crippen LogP contribution in [0.2, 0.25) is 0 Å². The van der Waals surface area contributed by atoms with Gasteiger partial charge >= 0.3 is 0 Å². The molecule has 0 atom stereocenters. The van der Waals surface area contributed by atoms with Gasteiger partial charge in [-0.05, 0) is 13.8 Å². The monoisotopic (exact) mass is 142 g/mol. The van der Waals surface area contributed by atoms with Crippen LogP contribution in [0.15, 0.2) is 0 Å². The number of hydrogen-bond acceptors (Lipinski definition) is 2. The lowest BCUT2D eigenvalue weighted by atomic mass is 10.6. The molecule has 0 rings (SSSR count). The highest BCUT2D eigenvalue weighted by Crippen LogP contribution is 1.71. The van der Waals surface area contributed by atoms with Gasteiger partial charge in [0.1, 0.15) is 13.2 Å². The normalized spacial score (nSPS) is 8.60. The maximum atomic E-state index is 4.98. The van der Waals surface area contributed by atoms with Crippen LogP contribution in [0.25, 0.3) is 0 Å². The standard InChI is InChI=1S/C8H14O2/c1-3-9-7-5-6-8-10-4-2/h3-4,7-8H2,1-2H3. The Hall–Kier alpha value is -0.520. The molecule has 0 amide bonds. The molecule has 0 spiro atoms. The third-order valence-electron chi connectivity index (χ3n) is 0.882. The van der Waals surface area contributed by atoms with Gasteiger partial charge < -0.3 is 9.47 Å². The summed E-state index contributed by atoms with van der Waals surface area (Å²) in [4.78, 5) is 0. The maximum absolute atomic E-state index is 4.98. The molecule has 0 radical (unpaired) electrons. The minimum atomic E-state index is 0.517. The van der Waals surface area contributed by atoms with Crippen molar-refractivity contribution in [2.24, 2.45) is 0 Å². The van der Waals surface area contributed by atoms with Gasteiger partial charge in [0.2, 0.25) is 0 Å². The Balaban J connectivity index is 2.98. The zero-order valence-corrected chi connectivity index (χ0v) is 6.64. The van der Waals surface area contributed by atoms with Gasteiger partial charge in [0.15, 0.2) is 0 Å². The van der Waals surface area contributed by atoms with Crippen molar-refractivity contribution in [1.82, 2.24) is 0 Å². The molecule has 0 saturated heterocycles. The zero-order valence-electron chi connectivity index (χ0n) is 6.64. The smallest absolute Gasteiger partial charge is 0.107 e. The molecule has 0 aliphatic carbocycles. The van der Waals surface area contributed by atoms with E-state index in [0.717, 1.165) is 13.2 Å². The van der Waals surface area contributed by atoms with Crippen LogP contribution in [0, 0.1) is 11.8 Å². The summed E-state index contributed by atoms with van der Waals surface area (Å²) in [5.74, 6) is 5.65. The molecule has 10 heavy (non-hydrogen) atoms. The van der Waals surface area contributed by atoms with E-state index in [-0.39, 0.29) is 0 Å². The summed E-state index contributed by atoms with van der Waals surface area (Å²) in [7, 11) is 0. The molecule has 0 aromatic heterocycles. The topological polar surface area (TPSA) is 18.5 Å². The molecule has 0 unspecified atom stereocenters. The summed E-state index contributed by atoms with van der Waals surface area (Å²) in [6, 6.07) is 0. The van der Waals surface area contributed by atoms with Crippen LogP contribution in [-0.2, 0) is 9.47 Å². The van der Waals surface area contributed by atoms with Gasteiger partial charge in [-0.3, -0.25) is 0 Å². The summed E-state index contributed by atoms with van der Waals surface area (Å²) in [5, 5.41) is 0. The molecule has 2 heteroatoms. The van der Waals surface area contributed by atoms with Gasteiger partial charge in [-0.2, -0.15) is 0 Å². The van der Waals surface area contributed by atoms with E-state index in [1.54, 1.807) is 0 Å². The molecule has 0 N–H and O–H groups in total. The minimum Gasteiger partial charge on any atom is -0.369 e. The second-order valence-corrected chi connectivity index (χ2v) is 1.63. The predicted molar refractivity (Wildman–Crippen MR) is 40.8 cm³/mol. The quantitative estimate of drug-likeness (QED) is 0.431. The Labute approximate surface area is 62.5 Å². The summed E-state index contributed by atoms with van der Waals surface area (Å²) >= 11 is 0. The Morgan fingerprint density at radius 1 is 0.900 bits per heavy atom. The van der Waals surface area contributed by atoms with Crippen LogP contribution < -0.4 is 0 Å². The molecule has 0 aliphatic heterocycles. The van der Waals surface area contributed by atoms with Crippen molar-refractivity contribution < 1.29 is 9.47 Å². The van der Waals surface area contributed by atoms with Gasteiger partial charge in [0.25, 0.3) is 0 Å². The number of rotatable bonds is 4. The van der Waals surface area contributed by atoms with E-state index in [0.29, 0.717) is 13.2 Å². The van der Waals surface area contributed by atoms with Crippen molar-refractivity contribution >= 4 is 0 Å². The van der Waals surface area contributed by atoms with Gasteiger partial charge in [-0.15, -0.1) is 0 Å². The van der Waals surface area contributed by atoms with Gasteiger partial charge in [0, 0.05) is 13.2 Å². The lowest BCUT2D eigenvalue weighted by Gasteiger charge is -1.90. The molecule has 0 aromatic carbocycles. The third-order valence-corrected chi connectivity index (χ3v) is 0.882. The van der Waals surface area contributed by atoms with Crippen molar-refractivity contribution in [3.63, 3.8) is 0 Å². The Morgan fingerprint density at radius 2 is 1.30 bits per heavy atom. The summed E-state index contributed by atoms with van der Waals surface area (Å²) in [6.07, 6.45) is 0. The Bertz CT molecular complexity index is 98.2. The highest BCUT2D eigenvalue weighted by Gasteiger charge is 1.74. The first-order valence-corrected chi connectivity index (χ1v) is 3.53. The van der Waals surface area contributed by atoms with Crippen LogP contribution in [-0.4, -0.2) is 26.4 Å². The number of hydrogen-bond donors (Lipinski definition) is 0. The maximum Gasteiger partial charge on any atom is 0.107 e. The van der Waals surface area contributed by atoms with E-state index in [4.69, 9.17) is 9.47 Å². The molecule has 0 fully saturated rings. The van der Waals surface area contributed by atoms with E-state index in [1.807, 2.05) is 13.8 Å². The van der Waals surface area contributed by atoms with Gasteiger partial charge in [0.05, 0.1) is 0 Å². The lowest BCUT2D eigenvalue weighted by Crippen LogP contribution is -1.92. The molecule has 0 aliphatic rings. The van der Waals surface area contributed by atoms with Crippen LogP contribution in [0.1, 0.15) is 13.8 Å². The van der Waals surface area contributed by atoms with Gasteiger partial charge in [-0.1, -0.05) is 11.8 Å². The van der Waals surface area contributed by atoms with Crippen molar-refractivity contribution in [3.05, 3.63) is 0 Å². The summed E-state index contributed by atoms with van der Waals surface area (Å²) in [5.41, 5.74) is 0. The molecule has 0 aromatic rings. The van der Waals surface area contributed by atoms with E-state index in [1.165, 1.54) is 0 Å². The van der Waals surface area contributed by atoms with E-state index in [9.17, 15) is 0 Å². The van der Waals surface area contributed by atoms with Crippen LogP contribution in [0.5, 0.6) is 0 Å². The average molecular weight is 142 g/mol. The van der Waals surface area contributed by atoms with Crippen molar-refractivity contribution in [1.29, 1.82) is 0 Å². The Morgan fingerprint density at radius 3 is 1.60 bits per heavy atom. The first-order valence-electron chi connectivity index (χ1n) is 3.53. The molecule has 2 nitrogen and oxygen atoms in total. The molecular formula is C8H14O2. The van der Waals surface area contributed by atoms with E-state index < -0.39 is 0 Å². The zero-order chi connectivity index (χ0) is 7.66. The largest absolute Gasteiger partial charge is 0.369 e. The highest BCUT2D eigenvalue weighted by molar-refractivity contribution is 4.99. The second-order valence-electron chi connectivity index (χ2n) is 1.63. The fourth-order valence-corrected chi connectivity index (χ4v) is 0.408. The van der Waals surface area contributed by atoms with Gasteiger partial charge in [-0.25, -0.2) is 0 Å². The first-order chi connectivity index (χ1) is 4.91. The van der Waals surface area contributed by atoms with Crippen molar-refractivity contribution in [2.75, 3.05) is 26.4 Å². The van der Waals surface area contributed by atoms with E-state index >= 15 is 0 Å². The first kappa shape index (κ1) is 9.48. The fraction of sp³-hybridized carbons (Fsp3) is 0.750. The van der Waals surface area contributed by atoms with Crippen LogP contribution in [0.3, 0.4) is 0 Å². The van der Waals surface area contributed by atoms with Crippen molar-refractivity contribution in [3.8, 4) is 11.8 Å². The van der Waals surface area contributed by atoms with E-state index in [2.05, 4.69) is 11.8 Å². The van der Waals surface area contributed by atoms with Crippen LogP contribution >= 0.6 is 0 Å². The second kappa shape index (κ2) is 8.48. The Kier molecular flexibility index (Phi) is 8.04. The lowest BCUT2D eigenvalue weighted by molar-refractivity contribution is 0.177. The number of ether oxygens (including phenoxy) is 2. The SMILES string of the molecule is CCOCC#CCOCC. The minimum absolute atomic E-state index is 0.517. The molecular weight excluding hydrogens is 128 g/mol. The molecule has 0 heterocycles. The fourth-order valence-electron chi connectivity index (χ4n) is 0.408. The van der Waals surface area contributed by atoms with Crippen molar-refractivity contribution in [2.45, 2.75) is 13.8 Å². The predicted octanol–water partition coefficient (Wildman–Crippen LogP) is 1.06. The average Bonchev–Trinajstić information content (AvgIpc) is 1.97. The molecule has 58 valence electrons. The van der Waals surface area contributed by atoms with Crippen LogP contribution in [0.4, 0.5) is 0 Å². The highest BCUT2D eigenvalue weighted by atomic mass is 16.5.